The molecular weight excluding hydrogens is 495 g/mol. The molecule has 1 aliphatic heterocycles. The van der Waals surface area contributed by atoms with Crippen molar-refractivity contribution in [2.75, 3.05) is 32.0 Å². The van der Waals surface area contributed by atoms with Crippen molar-refractivity contribution in [2.45, 2.75) is 9.79 Å². The molecule has 1 saturated heterocycles. The Kier molecular flexibility index (Phi) is 7.99. The van der Waals surface area contributed by atoms with Crippen LogP contribution in [0.15, 0.2) is 68.6 Å². The van der Waals surface area contributed by atoms with Crippen LogP contribution in [0.2, 0.25) is 0 Å². The number of nitrogen functional groups attached to an aromatic ring is 1. The zero-order chi connectivity index (χ0) is 23.8. The van der Waals surface area contributed by atoms with Gasteiger partial charge in [-0.25, -0.2) is 8.42 Å². The van der Waals surface area contributed by atoms with Gasteiger partial charge in [-0.1, -0.05) is 23.9 Å². The second-order valence-corrected chi connectivity index (χ2v) is 10.5. The number of morpholine rings is 1. The maximum absolute atomic E-state index is 13.1. The summed E-state index contributed by atoms with van der Waals surface area (Å²) in [5, 5.41) is 20.9. The Morgan fingerprint density at radius 3 is 2.35 bits per heavy atom. The molecule has 3 aromatic rings. The minimum Gasteiger partial charge on any atom is -0.872 e. The summed E-state index contributed by atoms with van der Waals surface area (Å²) in [4.78, 5) is -0.625. The molecule has 0 saturated carbocycles. The van der Waals surface area contributed by atoms with E-state index in [-0.39, 0.29) is 88.6 Å². The normalized spacial score (nSPS) is 15.4. The van der Waals surface area contributed by atoms with E-state index in [4.69, 9.17) is 10.5 Å². The molecule has 34 heavy (non-hydrogen) atoms. The number of hydrogen-bond acceptors (Lipinski definition) is 9. The minimum absolute atomic E-state index is 0. The predicted molar refractivity (Wildman–Crippen MR) is 118 cm³/mol. The number of anilines is 1. The molecule has 0 aromatic heterocycles. The summed E-state index contributed by atoms with van der Waals surface area (Å²) in [6, 6.07) is 10.7. The van der Waals surface area contributed by atoms with E-state index in [2.05, 4.69) is 10.2 Å². The molecule has 0 bridgehead atoms. The number of fused-ring (bicyclic) bond motifs is 1. The van der Waals surface area contributed by atoms with Crippen LogP contribution in [0.3, 0.4) is 0 Å². The second-order valence-electron chi connectivity index (χ2n) is 7.18. The number of sulfonamides is 1. The molecule has 0 aliphatic carbocycles. The summed E-state index contributed by atoms with van der Waals surface area (Å²) in [7, 11) is -8.46. The van der Waals surface area contributed by atoms with Gasteiger partial charge in [-0.2, -0.15) is 12.7 Å². The van der Waals surface area contributed by atoms with Crippen LogP contribution in [-0.2, 0) is 24.9 Å². The van der Waals surface area contributed by atoms with Crippen LogP contribution in [0, 0.1) is 0 Å². The first kappa shape index (κ1) is 26.5. The zero-order valence-electron chi connectivity index (χ0n) is 18.1. The van der Waals surface area contributed by atoms with E-state index in [0.717, 1.165) is 12.1 Å². The van der Waals surface area contributed by atoms with Crippen LogP contribution in [0.4, 0.5) is 17.1 Å². The van der Waals surface area contributed by atoms with E-state index in [9.17, 15) is 26.5 Å². The van der Waals surface area contributed by atoms with Gasteiger partial charge in [-0.05, 0) is 35.7 Å². The third-order valence-corrected chi connectivity index (χ3v) is 7.85. The summed E-state index contributed by atoms with van der Waals surface area (Å²) in [5.41, 5.74) is 6.06. The molecule has 1 aliphatic rings. The van der Waals surface area contributed by atoms with Gasteiger partial charge in [0.2, 0.25) is 10.0 Å². The largest absolute Gasteiger partial charge is 1.00 e. The van der Waals surface area contributed by atoms with Crippen molar-refractivity contribution in [2.24, 2.45) is 10.2 Å². The van der Waals surface area contributed by atoms with Crippen molar-refractivity contribution in [1.29, 1.82) is 0 Å². The first-order valence-corrected chi connectivity index (χ1v) is 12.6. The molecule has 0 radical (unpaired) electrons. The Morgan fingerprint density at radius 1 is 1.00 bits per heavy atom. The topological polar surface area (TPSA) is 175 Å². The van der Waals surface area contributed by atoms with Gasteiger partial charge in [-0.3, -0.25) is 4.55 Å². The average Bonchev–Trinajstić information content (AvgIpc) is 2.78. The van der Waals surface area contributed by atoms with Crippen LogP contribution >= 0.6 is 0 Å². The molecule has 0 amide bonds. The second kappa shape index (κ2) is 10.3. The monoisotopic (exact) mass is 514 g/mol. The first-order valence-electron chi connectivity index (χ1n) is 9.68. The van der Waals surface area contributed by atoms with E-state index in [1.807, 2.05) is 0 Å². The number of rotatable bonds is 5. The quantitative estimate of drug-likeness (QED) is 0.192. The van der Waals surface area contributed by atoms with E-state index in [0.29, 0.717) is 0 Å². The minimum atomic E-state index is -4.59. The van der Waals surface area contributed by atoms with Crippen LogP contribution in [0.25, 0.3) is 10.8 Å². The van der Waals surface area contributed by atoms with E-state index >= 15 is 0 Å². The van der Waals surface area contributed by atoms with Crippen molar-refractivity contribution in [3.8, 4) is 5.75 Å². The number of ether oxygens (including phenoxy) is 1. The van der Waals surface area contributed by atoms with Crippen molar-refractivity contribution in [3.05, 3.63) is 48.5 Å². The standard InChI is InChI=1S/C20H20N4O7S2.Na/c21-15-6-5-13-11-14(33(28,29)30)12-17(25)19(13)20(15)23-22-16-3-1-2-4-18(16)32(26,27)24-7-9-31-10-8-24;/h1-6,11-12,25H,7-10,21H2,(H,28,29,30);/q;+1/p-1. The van der Waals surface area contributed by atoms with E-state index in [1.165, 1.54) is 28.6 Å². The number of azo groups is 1. The average molecular weight is 515 g/mol. The fourth-order valence-corrected chi connectivity index (χ4v) is 5.51. The fourth-order valence-electron chi connectivity index (χ4n) is 3.44. The number of hydrogen-bond donors (Lipinski definition) is 2. The molecule has 0 atom stereocenters. The predicted octanol–water partition coefficient (Wildman–Crippen LogP) is -0.817. The molecule has 174 valence electrons. The van der Waals surface area contributed by atoms with Crippen molar-refractivity contribution < 1.29 is 60.8 Å². The summed E-state index contributed by atoms with van der Waals surface area (Å²) in [6.45, 7) is 0.986. The fraction of sp³-hybridized carbons (Fsp3) is 0.200. The third kappa shape index (κ3) is 5.26. The molecule has 11 nitrogen and oxygen atoms in total. The van der Waals surface area contributed by atoms with Gasteiger partial charge < -0.3 is 15.6 Å². The summed E-state index contributed by atoms with van der Waals surface area (Å²) >= 11 is 0. The Labute approximate surface area is 218 Å². The molecule has 0 unspecified atom stereocenters. The van der Waals surface area contributed by atoms with Crippen LogP contribution in [-0.4, -0.2) is 52.0 Å². The van der Waals surface area contributed by atoms with Crippen LogP contribution < -0.4 is 40.4 Å². The summed E-state index contributed by atoms with van der Waals surface area (Å²) in [6.07, 6.45) is 0. The van der Waals surface area contributed by atoms with Crippen molar-refractivity contribution in [1.82, 2.24) is 4.31 Å². The van der Waals surface area contributed by atoms with Crippen molar-refractivity contribution >= 4 is 48.0 Å². The summed E-state index contributed by atoms with van der Waals surface area (Å²) < 4.78 is 64.8. The first-order chi connectivity index (χ1) is 15.6. The van der Waals surface area contributed by atoms with E-state index < -0.39 is 30.8 Å². The molecule has 1 heterocycles. The maximum Gasteiger partial charge on any atom is 1.00 e. The third-order valence-electron chi connectivity index (χ3n) is 5.07. The van der Waals surface area contributed by atoms with Gasteiger partial charge in [0.05, 0.1) is 23.8 Å². The zero-order valence-corrected chi connectivity index (χ0v) is 21.7. The van der Waals surface area contributed by atoms with Gasteiger partial charge in [0.1, 0.15) is 16.3 Å². The Balaban J connectivity index is 0.00000324. The Morgan fingerprint density at radius 2 is 1.68 bits per heavy atom. The number of benzene rings is 3. The van der Waals surface area contributed by atoms with Crippen LogP contribution in [0.1, 0.15) is 0 Å². The molecule has 1 fully saturated rings. The molecular formula is C20H19N4NaO7S2. The molecule has 0 spiro atoms. The molecule has 14 heteroatoms. The van der Waals surface area contributed by atoms with Gasteiger partial charge >= 0.3 is 29.6 Å². The van der Waals surface area contributed by atoms with Gasteiger partial charge in [-0.15, -0.1) is 10.2 Å². The molecule has 3 N–H and O–H groups in total. The van der Waals surface area contributed by atoms with Gasteiger partial charge in [0, 0.05) is 18.5 Å². The number of nitrogens with two attached hydrogens (primary N) is 1. The molecule has 3 aromatic carbocycles. The Hall–Kier alpha value is -2.10. The number of nitrogens with zero attached hydrogens (tertiary/aromatic N) is 3. The van der Waals surface area contributed by atoms with Gasteiger partial charge in [0.25, 0.3) is 10.1 Å². The van der Waals surface area contributed by atoms with Gasteiger partial charge in [0.15, 0.2) is 0 Å². The molecule has 4 rings (SSSR count). The van der Waals surface area contributed by atoms with E-state index in [1.54, 1.807) is 12.1 Å². The maximum atomic E-state index is 13.1. The van der Waals surface area contributed by atoms with Crippen LogP contribution in [0.5, 0.6) is 5.75 Å². The van der Waals surface area contributed by atoms with Crippen molar-refractivity contribution in [3.63, 3.8) is 0 Å². The smallest absolute Gasteiger partial charge is 0.872 e. The Bertz CT molecular complexity index is 1470. The summed E-state index contributed by atoms with van der Waals surface area (Å²) in [5.74, 6) is -0.740. The SMILES string of the molecule is Nc1ccc2cc(S(=O)(=O)O)cc([O-])c2c1N=Nc1ccccc1S(=O)(=O)N1CCOCC1.[Na+].